The molecule has 2 aromatic heterocycles. The fraction of sp³-hybridized carbons (Fsp3) is 0.288. The SMILES string of the molecule is [2H]c1c([2H])c([2H])c(-c2ccnc(-c3cc(-c4cccc5c4nc(-c4cc(C(C)C)cc(C(C)C)c4O)n5-c4ccc(-c5cc(C(C)C)cc(C([2H])(C)C)c5)cc4C([2H])([2H])[2H])cc(C(C)(C)C)c3)c2)c([2H])c1[2H]. The highest BCUT2D eigenvalue weighted by Crippen LogP contribution is 2.44. The van der Waals surface area contributed by atoms with Gasteiger partial charge in [-0.15, -0.1) is 0 Å². The van der Waals surface area contributed by atoms with Crippen LogP contribution >= 0.6 is 0 Å². The second-order valence-electron chi connectivity index (χ2n) is 19.0. The predicted molar refractivity (Wildman–Crippen MR) is 268 cm³/mol. The van der Waals surface area contributed by atoms with Gasteiger partial charge in [0.15, 0.2) is 0 Å². The van der Waals surface area contributed by atoms with E-state index in [1.165, 1.54) is 0 Å². The number of phenols is 1. The van der Waals surface area contributed by atoms with Gasteiger partial charge in [0.2, 0.25) is 0 Å². The molecule has 8 aromatic rings. The Labute approximate surface area is 388 Å². The monoisotopic (exact) mass is 839 g/mol. The van der Waals surface area contributed by atoms with Crippen LogP contribution in [-0.2, 0) is 5.41 Å². The predicted octanol–water partition coefficient (Wildman–Crippen LogP) is 16.6. The summed E-state index contributed by atoms with van der Waals surface area (Å²) in [5, 5.41) is 12.3. The summed E-state index contributed by atoms with van der Waals surface area (Å²) in [5.74, 6) is -0.226. The molecule has 0 saturated carbocycles. The number of nitrogens with zero attached hydrogens (tertiary/aromatic N) is 3. The number of hydrogen-bond acceptors (Lipinski definition) is 3. The second-order valence-corrected chi connectivity index (χ2v) is 19.0. The van der Waals surface area contributed by atoms with E-state index in [2.05, 4.69) is 72.7 Å². The Morgan fingerprint density at radius 2 is 1.33 bits per heavy atom. The number of rotatable bonds is 10. The van der Waals surface area contributed by atoms with Gasteiger partial charge in [-0.2, -0.15) is 0 Å². The lowest BCUT2D eigenvalue weighted by atomic mass is 9.83. The lowest BCUT2D eigenvalue weighted by Gasteiger charge is -2.22. The normalized spacial score (nSPS) is 14.5. The van der Waals surface area contributed by atoms with Crippen LogP contribution in [0.1, 0.15) is 146 Å². The first-order chi connectivity index (χ1) is 33.6. The minimum absolute atomic E-state index is 0.0422. The summed E-state index contributed by atoms with van der Waals surface area (Å²) in [6.45, 7) is 19.9. The molecule has 320 valence electrons. The summed E-state index contributed by atoms with van der Waals surface area (Å²) in [4.78, 5) is 10.2. The molecular formula is C59H63N3O. The molecule has 4 nitrogen and oxygen atoms in total. The van der Waals surface area contributed by atoms with Crippen LogP contribution in [0.15, 0.2) is 133 Å². The number of pyridine rings is 1. The minimum atomic E-state index is -2.60. The third kappa shape index (κ3) is 8.61. The first-order valence-corrected chi connectivity index (χ1v) is 22.0. The molecule has 0 spiro atoms. The highest BCUT2D eigenvalue weighted by atomic mass is 16.3. The number of hydrogen-bond donors (Lipinski definition) is 1. The molecule has 6 aromatic carbocycles. The van der Waals surface area contributed by atoms with E-state index in [0.29, 0.717) is 44.9 Å². The number of fused-ring (bicyclic) bond motifs is 1. The molecular weight excluding hydrogens is 767 g/mol. The summed E-state index contributed by atoms with van der Waals surface area (Å²) >= 11 is 0. The van der Waals surface area contributed by atoms with E-state index >= 15 is 0 Å². The van der Waals surface area contributed by atoms with Crippen molar-refractivity contribution in [2.75, 3.05) is 0 Å². The van der Waals surface area contributed by atoms with Crippen molar-refractivity contribution in [3.05, 3.63) is 167 Å². The third-order valence-corrected chi connectivity index (χ3v) is 12.1. The average molecular weight is 839 g/mol. The molecule has 0 aliphatic rings. The van der Waals surface area contributed by atoms with Crippen LogP contribution in [0.3, 0.4) is 0 Å². The molecule has 0 aliphatic heterocycles. The summed E-state index contributed by atoms with van der Waals surface area (Å²) in [6, 6.07) is 29.1. The first-order valence-electron chi connectivity index (χ1n) is 26.5. The van der Waals surface area contributed by atoms with Crippen LogP contribution in [0.5, 0.6) is 5.75 Å². The number of aromatic nitrogens is 3. The maximum absolute atomic E-state index is 12.3. The van der Waals surface area contributed by atoms with Crippen LogP contribution in [0.4, 0.5) is 0 Å². The van der Waals surface area contributed by atoms with Crippen LogP contribution in [-0.4, -0.2) is 19.6 Å². The first kappa shape index (κ1) is 33.3. The Morgan fingerprint density at radius 1 is 0.635 bits per heavy atom. The van der Waals surface area contributed by atoms with Crippen molar-refractivity contribution in [3.8, 4) is 67.5 Å². The van der Waals surface area contributed by atoms with Crippen molar-refractivity contribution in [1.82, 2.24) is 14.5 Å². The quantitative estimate of drug-likeness (QED) is 0.149. The zero-order valence-electron chi connectivity index (χ0n) is 47.3. The lowest BCUT2D eigenvalue weighted by molar-refractivity contribution is 0.466. The van der Waals surface area contributed by atoms with Gasteiger partial charge in [0.1, 0.15) is 11.6 Å². The van der Waals surface area contributed by atoms with Crippen molar-refractivity contribution in [2.24, 2.45) is 0 Å². The zero-order valence-corrected chi connectivity index (χ0v) is 38.3. The molecule has 0 saturated heterocycles. The zero-order chi connectivity index (χ0) is 52.7. The van der Waals surface area contributed by atoms with E-state index in [1.54, 1.807) is 24.4 Å². The topological polar surface area (TPSA) is 50.9 Å². The Balaban J connectivity index is 1.43. The lowest BCUT2D eigenvalue weighted by Crippen LogP contribution is -2.11. The van der Waals surface area contributed by atoms with E-state index in [-0.39, 0.29) is 52.1 Å². The van der Waals surface area contributed by atoms with Gasteiger partial charge in [0, 0.05) is 22.8 Å². The molecule has 0 bridgehead atoms. The number of benzene rings is 6. The van der Waals surface area contributed by atoms with E-state index in [4.69, 9.17) is 22.3 Å². The van der Waals surface area contributed by atoms with Crippen molar-refractivity contribution < 1.29 is 17.4 Å². The Morgan fingerprint density at radius 3 is 2.02 bits per heavy atom. The number of aryl methyl sites for hydroxylation is 1. The van der Waals surface area contributed by atoms with E-state index < -0.39 is 30.9 Å². The van der Waals surface area contributed by atoms with Gasteiger partial charge in [-0.1, -0.05) is 155 Å². The van der Waals surface area contributed by atoms with E-state index in [1.807, 2.05) is 86.9 Å². The summed E-state index contributed by atoms with van der Waals surface area (Å²) in [7, 11) is 0. The maximum atomic E-state index is 12.3. The third-order valence-electron chi connectivity index (χ3n) is 12.1. The molecule has 8 rings (SSSR count). The molecule has 0 fully saturated rings. The molecule has 4 heteroatoms. The number of phenolic OH excluding ortho intramolecular Hbond substituents is 1. The van der Waals surface area contributed by atoms with Crippen LogP contribution in [0.2, 0.25) is 0 Å². The molecule has 0 amide bonds. The Hall–Kier alpha value is -6.26. The Kier molecular flexibility index (Phi) is 9.06. The van der Waals surface area contributed by atoms with E-state index in [9.17, 15) is 5.11 Å². The number of imidazole rings is 1. The fourth-order valence-electron chi connectivity index (χ4n) is 8.23. The van der Waals surface area contributed by atoms with Gasteiger partial charge < -0.3 is 5.11 Å². The van der Waals surface area contributed by atoms with Gasteiger partial charge in [-0.25, -0.2) is 4.98 Å². The van der Waals surface area contributed by atoms with Crippen LogP contribution in [0.25, 0.3) is 72.7 Å². The fourth-order valence-corrected chi connectivity index (χ4v) is 8.23. The van der Waals surface area contributed by atoms with Crippen molar-refractivity contribution in [3.63, 3.8) is 0 Å². The van der Waals surface area contributed by atoms with Crippen molar-refractivity contribution >= 4 is 11.0 Å². The summed E-state index contributed by atoms with van der Waals surface area (Å²) < 4.78 is 80.3. The molecule has 2 heterocycles. The second kappa shape index (κ2) is 17.1. The summed E-state index contributed by atoms with van der Waals surface area (Å²) in [5.41, 5.74) is 11.2. The van der Waals surface area contributed by atoms with Gasteiger partial charge in [0.05, 0.1) is 34.8 Å². The molecule has 0 aliphatic carbocycles. The van der Waals surface area contributed by atoms with Crippen molar-refractivity contribution in [2.45, 2.75) is 112 Å². The molecule has 0 atom stereocenters. The molecule has 0 unspecified atom stereocenters. The van der Waals surface area contributed by atoms with Gasteiger partial charge in [-0.05, 0) is 146 Å². The highest BCUT2D eigenvalue weighted by Gasteiger charge is 2.25. The number of aromatic hydroxyl groups is 1. The van der Waals surface area contributed by atoms with E-state index in [0.717, 1.165) is 50.1 Å². The van der Waals surface area contributed by atoms with Crippen LogP contribution < -0.4 is 0 Å². The van der Waals surface area contributed by atoms with Crippen LogP contribution in [0, 0.1) is 6.85 Å². The molecule has 1 N–H and O–H groups in total. The summed E-state index contributed by atoms with van der Waals surface area (Å²) in [6.07, 6.45) is 1.58. The maximum Gasteiger partial charge on any atom is 0.149 e. The molecule has 0 radical (unpaired) electrons. The molecule has 63 heavy (non-hydrogen) atoms. The highest BCUT2D eigenvalue weighted by molar-refractivity contribution is 5.97. The van der Waals surface area contributed by atoms with Gasteiger partial charge >= 0.3 is 0 Å². The van der Waals surface area contributed by atoms with Gasteiger partial charge in [-0.3, -0.25) is 9.55 Å². The minimum Gasteiger partial charge on any atom is -0.507 e. The average Bonchev–Trinajstić information content (AvgIpc) is 3.71. The largest absolute Gasteiger partial charge is 0.507 e. The van der Waals surface area contributed by atoms with Crippen molar-refractivity contribution in [1.29, 1.82) is 0 Å². The smallest absolute Gasteiger partial charge is 0.149 e. The van der Waals surface area contributed by atoms with Gasteiger partial charge in [0.25, 0.3) is 0 Å². The standard InChI is InChI=1S/C59H63N3O/c1-35(2)43-26-44(36(3)4)28-46(27-43)41-21-22-54(39(9)25-41)62-55-20-16-19-50(56(55)61-58(62)52-33-45(37(5)6)32-51(38(7)8)57(52)63)47-29-48(31-49(30-47)59(10,11)12)53-34-42(23-24-60-53)40-17-14-13-15-18-40/h13-38,63H,1-12H3/i9D3,13D,14D,15D,17D,18D,35D. The number of para-hydroxylation sites is 1. The Bertz CT molecular complexity index is 3400.